The van der Waals surface area contributed by atoms with Crippen molar-refractivity contribution in [2.45, 2.75) is 6.92 Å². The maximum Gasteiger partial charge on any atom is 0.182 e. The minimum absolute atomic E-state index is 0.617. The molecule has 0 fully saturated rings. The first-order valence-electron chi connectivity index (χ1n) is 6.15. The molecule has 0 aliphatic heterocycles. The Morgan fingerprint density at radius 1 is 1.20 bits per heavy atom. The van der Waals surface area contributed by atoms with E-state index in [1.165, 1.54) is 5.56 Å². The van der Waals surface area contributed by atoms with E-state index in [4.69, 9.17) is 28.6 Å². The standard InChI is InChI=1S/C15H13ClN2OS/c1-9-3-5-11-12(7-9)18(15(20)17-11)13-8-10(16)4-6-14(13)19-2/h3-8H,1-2H3,(H,17,20). The summed E-state index contributed by atoms with van der Waals surface area (Å²) in [7, 11) is 1.64. The molecule has 3 aromatic rings. The topological polar surface area (TPSA) is 29.9 Å². The third kappa shape index (κ3) is 2.11. The molecule has 3 nitrogen and oxygen atoms in total. The SMILES string of the molecule is COc1ccc(Cl)cc1-n1c(=S)[nH]c2ccc(C)cc21. The monoisotopic (exact) mass is 304 g/mol. The highest BCUT2D eigenvalue weighted by molar-refractivity contribution is 7.71. The number of nitrogens with one attached hydrogen (secondary N) is 1. The summed E-state index contributed by atoms with van der Waals surface area (Å²) in [4.78, 5) is 3.20. The summed E-state index contributed by atoms with van der Waals surface area (Å²) >= 11 is 11.6. The van der Waals surface area contributed by atoms with Crippen LogP contribution in [0.25, 0.3) is 16.7 Å². The zero-order chi connectivity index (χ0) is 14.3. The van der Waals surface area contributed by atoms with Crippen LogP contribution in [0, 0.1) is 11.7 Å². The minimum atomic E-state index is 0.617. The van der Waals surface area contributed by atoms with Gasteiger partial charge in [0.15, 0.2) is 4.77 Å². The highest BCUT2D eigenvalue weighted by Crippen LogP contribution is 2.30. The minimum Gasteiger partial charge on any atom is -0.495 e. The van der Waals surface area contributed by atoms with E-state index in [2.05, 4.69) is 18.0 Å². The van der Waals surface area contributed by atoms with E-state index in [1.807, 2.05) is 28.8 Å². The van der Waals surface area contributed by atoms with Gasteiger partial charge in [0.2, 0.25) is 0 Å². The van der Waals surface area contributed by atoms with Crippen LogP contribution in [0.1, 0.15) is 5.56 Å². The van der Waals surface area contributed by atoms with Crippen molar-refractivity contribution in [1.82, 2.24) is 9.55 Å². The number of benzene rings is 2. The molecule has 20 heavy (non-hydrogen) atoms. The van der Waals surface area contributed by atoms with Gasteiger partial charge in [0.1, 0.15) is 5.75 Å². The summed E-state index contributed by atoms with van der Waals surface area (Å²) in [5.74, 6) is 0.730. The van der Waals surface area contributed by atoms with Crippen molar-refractivity contribution >= 4 is 34.9 Å². The van der Waals surface area contributed by atoms with E-state index in [9.17, 15) is 0 Å². The van der Waals surface area contributed by atoms with Gasteiger partial charge in [-0.1, -0.05) is 17.7 Å². The fourth-order valence-corrected chi connectivity index (χ4v) is 2.76. The van der Waals surface area contributed by atoms with Crippen LogP contribution >= 0.6 is 23.8 Å². The zero-order valence-electron chi connectivity index (χ0n) is 11.1. The molecule has 0 amide bonds. The zero-order valence-corrected chi connectivity index (χ0v) is 12.7. The Hall–Kier alpha value is -1.78. The number of hydrogen-bond acceptors (Lipinski definition) is 2. The summed E-state index contributed by atoms with van der Waals surface area (Å²) in [6.07, 6.45) is 0. The van der Waals surface area contributed by atoms with Crippen LogP contribution in [-0.2, 0) is 0 Å². The number of aromatic amines is 1. The Morgan fingerprint density at radius 2 is 2.00 bits per heavy atom. The molecule has 0 unspecified atom stereocenters. The molecule has 3 rings (SSSR count). The molecular formula is C15H13ClN2OS. The molecule has 0 radical (unpaired) electrons. The molecular weight excluding hydrogens is 292 g/mol. The summed E-state index contributed by atoms with van der Waals surface area (Å²) < 4.78 is 7.98. The van der Waals surface area contributed by atoms with E-state index in [0.717, 1.165) is 22.5 Å². The number of fused-ring (bicyclic) bond motifs is 1. The van der Waals surface area contributed by atoms with Gasteiger partial charge in [0.25, 0.3) is 0 Å². The first kappa shape index (κ1) is 13.2. The van der Waals surface area contributed by atoms with E-state index >= 15 is 0 Å². The van der Waals surface area contributed by atoms with Crippen molar-refractivity contribution in [2.24, 2.45) is 0 Å². The first-order chi connectivity index (χ1) is 9.60. The van der Waals surface area contributed by atoms with Gasteiger partial charge in [-0.25, -0.2) is 0 Å². The van der Waals surface area contributed by atoms with Crippen molar-refractivity contribution in [3.63, 3.8) is 0 Å². The Balaban J connectivity index is 2.40. The average Bonchev–Trinajstić information content (AvgIpc) is 2.74. The third-order valence-electron chi connectivity index (χ3n) is 3.22. The molecule has 0 spiro atoms. The molecule has 0 aliphatic carbocycles. The van der Waals surface area contributed by atoms with Crippen molar-refractivity contribution in [1.29, 1.82) is 0 Å². The van der Waals surface area contributed by atoms with Crippen molar-refractivity contribution < 1.29 is 4.74 Å². The molecule has 0 saturated heterocycles. The quantitative estimate of drug-likeness (QED) is 0.698. The molecule has 0 bridgehead atoms. The van der Waals surface area contributed by atoms with Crippen LogP contribution in [0.15, 0.2) is 36.4 Å². The number of hydrogen-bond donors (Lipinski definition) is 1. The molecule has 0 saturated carbocycles. The number of methoxy groups -OCH3 is 1. The molecule has 1 N–H and O–H groups in total. The van der Waals surface area contributed by atoms with Crippen LogP contribution in [0.4, 0.5) is 0 Å². The lowest BCUT2D eigenvalue weighted by Gasteiger charge is -2.11. The maximum atomic E-state index is 6.11. The number of nitrogens with zero attached hydrogens (tertiary/aromatic N) is 1. The third-order valence-corrected chi connectivity index (χ3v) is 3.74. The normalized spacial score (nSPS) is 10.9. The van der Waals surface area contributed by atoms with Crippen LogP contribution in [0.3, 0.4) is 0 Å². The largest absolute Gasteiger partial charge is 0.495 e. The van der Waals surface area contributed by atoms with Crippen LogP contribution < -0.4 is 4.74 Å². The second-order valence-corrected chi connectivity index (χ2v) is 5.43. The fourth-order valence-electron chi connectivity index (χ4n) is 2.29. The second kappa shape index (κ2) is 4.96. The average molecular weight is 305 g/mol. The highest BCUT2D eigenvalue weighted by atomic mass is 35.5. The summed E-state index contributed by atoms with van der Waals surface area (Å²) in [5, 5.41) is 0.643. The van der Waals surface area contributed by atoms with Gasteiger partial charge < -0.3 is 9.72 Å². The Labute approximate surface area is 126 Å². The molecule has 1 aromatic heterocycles. The van der Waals surface area contributed by atoms with E-state index in [0.29, 0.717) is 9.79 Å². The number of H-pyrrole nitrogens is 1. The van der Waals surface area contributed by atoms with Crippen LogP contribution in [0.2, 0.25) is 5.02 Å². The number of rotatable bonds is 2. The maximum absolute atomic E-state index is 6.11. The Bertz CT molecular complexity index is 851. The van der Waals surface area contributed by atoms with E-state index < -0.39 is 0 Å². The molecule has 2 aromatic carbocycles. The van der Waals surface area contributed by atoms with Gasteiger partial charge in [-0.05, 0) is 55.0 Å². The van der Waals surface area contributed by atoms with Crippen molar-refractivity contribution in [3.05, 3.63) is 51.8 Å². The Kier molecular flexibility index (Phi) is 3.28. The second-order valence-electron chi connectivity index (χ2n) is 4.60. The van der Waals surface area contributed by atoms with Gasteiger partial charge in [0, 0.05) is 5.02 Å². The van der Waals surface area contributed by atoms with Gasteiger partial charge in [-0.2, -0.15) is 0 Å². The number of halogens is 1. The fraction of sp³-hybridized carbons (Fsp3) is 0.133. The number of aryl methyl sites for hydroxylation is 1. The number of ether oxygens (including phenoxy) is 1. The number of imidazole rings is 1. The molecule has 0 aliphatic rings. The molecule has 1 heterocycles. The molecule has 0 atom stereocenters. The van der Waals surface area contributed by atoms with E-state index in [1.54, 1.807) is 13.2 Å². The van der Waals surface area contributed by atoms with Gasteiger partial charge in [-0.15, -0.1) is 0 Å². The van der Waals surface area contributed by atoms with Gasteiger partial charge >= 0.3 is 0 Å². The Morgan fingerprint density at radius 3 is 2.75 bits per heavy atom. The van der Waals surface area contributed by atoms with E-state index in [-0.39, 0.29) is 0 Å². The summed E-state index contributed by atoms with van der Waals surface area (Å²) in [6.45, 7) is 2.05. The lowest BCUT2D eigenvalue weighted by molar-refractivity contribution is 0.413. The van der Waals surface area contributed by atoms with Crippen molar-refractivity contribution in [3.8, 4) is 11.4 Å². The highest BCUT2D eigenvalue weighted by Gasteiger charge is 2.12. The predicted molar refractivity (Wildman–Crippen MR) is 84.8 cm³/mol. The van der Waals surface area contributed by atoms with Gasteiger partial charge in [-0.3, -0.25) is 4.57 Å². The lowest BCUT2D eigenvalue weighted by atomic mass is 10.2. The predicted octanol–water partition coefficient (Wildman–Crippen LogP) is 4.66. The number of aromatic nitrogens is 2. The summed E-state index contributed by atoms with van der Waals surface area (Å²) in [5.41, 5.74) is 4.00. The summed E-state index contributed by atoms with van der Waals surface area (Å²) in [6, 6.07) is 11.6. The smallest absolute Gasteiger partial charge is 0.182 e. The first-order valence-corrected chi connectivity index (χ1v) is 6.94. The lowest BCUT2D eigenvalue weighted by Crippen LogP contribution is -1.98. The van der Waals surface area contributed by atoms with Crippen molar-refractivity contribution in [2.75, 3.05) is 7.11 Å². The molecule has 5 heteroatoms. The van der Waals surface area contributed by atoms with Crippen LogP contribution in [-0.4, -0.2) is 16.7 Å². The van der Waals surface area contributed by atoms with Gasteiger partial charge in [0.05, 0.1) is 23.8 Å². The molecule has 102 valence electrons. The van der Waals surface area contributed by atoms with Crippen LogP contribution in [0.5, 0.6) is 5.75 Å².